The molecule has 5 heteroatoms. The maximum absolute atomic E-state index is 5.80. The van der Waals surface area contributed by atoms with Crippen LogP contribution in [-0.2, 0) is 17.1 Å². The van der Waals surface area contributed by atoms with Gasteiger partial charge in [0.25, 0.3) is 0 Å². The van der Waals surface area contributed by atoms with Gasteiger partial charge in [-0.05, 0) is 150 Å². The number of benzene rings is 4. The van der Waals surface area contributed by atoms with E-state index in [1.54, 1.807) is 14.2 Å². The van der Waals surface area contributed by atoms with Crippen molar-refractivity contribution in [2.24, 2.45) is 0 Å². The largest absolute Gasteiger partial charge is 0.496 e. The molecule has 0 bridgehead atoms. The average Bonchev–Trinajstić information content (AvgIpc) is 3.77. The van der Waals surface area contributed by atoms with Gasteiger partial charge in [0.2, 0.25) is 0 Å². The van der Waals surface area contributed by atoms with Crippen LogP contribution in [0.2, 0.25) is 0 Å². The van der Waals surface area contributed by atoms with Crippen molar-refractivity contribution in [2.45, 2.75) is 68.0 Å². The smallest absolute Gasteiger partial charge is 0.124 e. The normalized spacial score (nSPS) is 14.0. The van der Waals surface area contributed by atoms with E-state index >= 15 is 0 Å². The quantitative estimate of drug-likeness (QED) is 0.125. The first-order chi connectivity index (χ1) is 23.9. The Morgan fingerprint density at radius 2 is 0.882 bits per heavy atom. The molecule has 1 unspecified atom stereocenters. The third kappa shape index (κ3) is 9.44. The number of aryl methyl sites for hydroxylation is 8. The third-order valence-electron chi connectivity index (χ3n) is 9.24. The van der Waals surface area contributed by atoms with E-state index in [1.807, 2.05) is 30.7 Å². The van der Waals surface area contributed by atoms with Crippen LogP contribution in [0.1, 0.15) is 51.4 Å². The van der Waals surface area contributed by atoms with E-state index in [0.717, 1.165) is 11.5 Å². The minimum absolute atomic E-state index is 0. The van der Waals surface area contributed by atoms with Gasteiger partial charge in [0.05, 0.1) is 14.2 Å². The Hall–Kier alpha value is -3.18. The molecule has 0 saturated heterocycles. The van der Waals surface area contributed by atoms with Crippen LogP contribution in [0.4, 0.5) is 0 Å². The standard InChI is InChI=1S/C41H47O2P2.C5H5.Fe/c1-25-15-26(2)18-34(17-25)44(35-19-27(3)16-28(4)20-35)33(9)38-13-12-14-39(38)45(36-21-29(5)40(42-10)30(6)22-36)37-23-31(7)41(43-11)32(8)24-37;1-2-4-5-3-1;/h12-24,33H,1-11H3;1-5H;. The van der Waals surface area contributed by atoms with Gasteiger partial charge in [0.1, 0.15) is 11.5 Å². The van der Waals surface area contributed by atoms with Gasteiger partial charge in [-0.1, -0.05) is 108 Å². The molecule has 266 valence electrons. The first-order valence-corrected chi connectivity index (χ1v) is 20.2. The molecule has 0 aliphatic heterocycles. The predicted molar refractivity (Wildman–Crippen MR) is 222 cm³/mol. The zero-order chi connectivity index (χ0) is 36.1. The fraction of sp³-hybridized carbons (Fsp3) is 0.261. The Bertz CT molecular complexity index is 1780. The van der Waals surface area contributed by atoms with Gasteiger partial charge in [0, 0.05) is 29.4 Å². The number of rotatable bonds is 9. The molecule has 2 radical (unpaired) electrons. The van der Waals surface area contributed by atoms with Gasteiger partial charge < -0.3 is 9.47 Å². The van der Waals surface area contributed by atoms with Crippen molar-refractivity contribution in [1.29, 1.82) is 0 Å². The Morgan fingerprint density at radius 3 is 1.22 bits per heavy atom. The Kier molecular flexibility index (Phi) is 14.4. The van der Waals surface area contributed by atoms with Crippen LogP contribution in [0.3, 0.4) is 0 Å². The van der Waals surface area contributed by atoms with Crippen molar-refractivity contribution in [3.05, 3.63) is 165 Å². The van der Waals surface area contributed by atoms with E-state index in [2.05, 4.69) is 141 Å². The maximum Gasteiger partial charge on any atom is 0.124 e. The molecule has 0 aromatic heterocycles. The van der Waals surface area contributed by atoms with Crippen LogP contribution >= 0.6 is 15.8 Å². The minimum atomic E-state index is -0.850. The van der Waals surface area contributed by atoms with Gasteiger partial charge >= 0.3 is 0 Å². The molecule has 1 atom stereocenters. The summed E-state index contributed by atoms with van der Waals surface area (Å²) in [6.07, 6.45) is 17.1. The predicted octanol–water partition coefficient (Wildman–Crippen LogP) is 10.5. The molecule has 51 heavy (non-hydrogen) atoms. The Balaban J connectivity index is 0.000000894. The molecule has 4 aromatic carbocycles. The SMILES string of the molecule is COc1c(C)cc(P(C2=CC=C[C]2C(C)P(c2cc(C)cc(C)c2)c2cc(C)cc(C)c2)c2cc(C)c(OC)c(C)c2)cc1C.[CH]1C=CC=C1.[Fe]. The van der Waals surface area contributed by atoms with Crippen LogP contribution in [-0.4, -0.2) is 19.9 Å². The molecular weight excluding hydrogens is 702 g/mol. The second-order valence-electron chi connectivity index (χ2n) is 13.6. The zero-order valence-corrected chi connectivity index (χ0v) is 34.9. The van der Waals surface area contributed by atoms with Crippen LogP contribution in [0, 0.1) is 67.7 Å². The molecule has 2 aliphatic rings. The van der Waals surface area contributed by atoms with Crippen LogP contribution in [0.5, 0.6) is 11.5 Å². The fourth-order valence-electron chi connectivity index (χ4n) is 7.40. The Morgan fingerprint density at radius 1 is 0.490 bits per heavy atom. The van der Waals surface area contributed by atoms with Crippen molar-refractivity contribution in [2.75, 3.05) is 14.2 Å². The summed E-state index contributed by atoms with van der Waals surface area (Å²) in [5.41, 5.74) is 10.3. The Labute approximate surface area is 321 Å². The summed E-state index contributed by atoms with van der Waals surface area (Å²) >= 11 is 0. The first kappa shape index (κ1) is 40.6. The zero-order valence-electron chi connectivity index (χ0n) is 32.0. The summed E-state index contributed by atoms with van der Waals surface area (Å²) in [6.45, 7) is 20.0. The summed E-state index contributed by atoms with van der Waals surface area (Å²) in [5.74, 6) is 3.39. The molecule has 0 heterocycles. The van der Waals surface area contributed by atoms with E-state index in [-0.39, 0.29) is 17.1 Å². The number of methoxy groups -OCH3 is 2. The van der Waals surface area contributed by atoms with Crippen LogP contribution in [0.15, 0.2) is 109 Å². The molecule has 2 nitrogen and oxygen atoms in total. The molecule has 0 fully saturated rings. The van der Waals surface area contributed by atoms with Crippen LogP contribution < -0.4 is 30.7 Å². The number of ether oxygens (including phenoxy) is 2. The third-order valence-corrected chi connectivity index (χ3v) is 14.4. The van der Waals surface area contributed by atoms with Gasteiger partial charge in [-0.15, -0.1) is 0 Å². The molecule has 4 aromatic rings. The van der Waals surface area contributed by atoms with Gasteiger partial charge in [0.15, 0.2) is 0 Å². The first-order valence-electron chi connectivity index (χ1n) is 17.4. The van der Waals surface area contributed by atoms with E-state index in [1.165, 1.54) is 77.0 Å². The molecule has 0 amide bonds. The summed E-state index contributed by atoms with van der Waals surface area (Å²) in [7, 11) is 2.02. The summed E-state index contributed by atoms with van der Waals surface area (Å²) < 4.78 is 11.6. The average molecular weight is 755 g/mol. The molecule has 0 spiro atoms. The fourth-order valence-corrected chi connectivity index (χ4v) is 13.5. The van der Waals surface area contributed by atoms with Gasteiger partial charge in [-0.3, -0.25) is 0 Å². The molecule has 0 N–H and O–H groups in total. The summed E-state index contributed by atoms with van der Waals surface area (Å²) in [5, 5.41) is 7.04. The second kappa shape index (κ2) is 18.0. The molecule has 6 rings (SSSR count). The number of allylic oxidation sites excluding steroid dienone is 8. The topological polar surface area (TPSA) is 18.5 Å². The van der Waals surface area contributed by atoms with E-state index in [9.17, 15) is 0 Å². The minimum Gasteiger partial charge on any atom is -0.496 e. The maximum atomic E-state index is 5.80. The second-order valence-corrected chi connectivity index (χ2v) is 18.4. The summed E-state index contributed by atoms with van der Waals surface area (Å²) in [4.78, 5) is 0. The number of hydrogen-bond acceptors (Lipinski definition) is 2. The summed E-state index contributed by atoms with van der Waals surface area (Å²) in [6, 6.07) is 23.7. The van der Waals surface area contributed by atoms with Crippen molar-refractivity contribution < 1.29 is 26.5 Å². The van der Waals surface area contributed by atoms with Crippen molar-refractivity contribution in [1.82, 2.24) is 0 Å². The van der Waals surface area contributed by atoms with Crippen molar-refractivity contribution in [3.63, 3.8) is 0 Å². The van der Waals surface area contributed by atoms with Crippen molar-refractivity contribution >= 4 is 37.1 Å². The van der Waals surface area contributed by atoms with Gasteiger partial charge in [-0.25, -0.2) is 0 Å². The molecule has 0 saturated carbocycles. The van der Waals surface area contributed by atoms with Gasteiger partial charge in [-0.2, -0.15) is 0 Å². The van der Waals surface area contributed by atoms with Crippen molar-refractivity contribution in [3.8, 4) is 11.5 Å². The number of hydrogen-bond donors (Lipinski definition) is 0. The molecular formula is C46H52FeO2P2. The molecule has 2 aliphatic carbocycles. The van der Waals surface area contributed by atoms with E-state index in [0.29, 0.717) is 5.66 Å². The van der Waals surface area contributed by atoms with E-state index in [4.69, 9.17) is 9.47 Å². The monoisotopic (exact) mass is 754 g/mol. The van der Waals surface area contributed by atoms with Crippen LogP contribution in [0.25, 0.3) is 0 Å². The van der Waals surface area contributed by atoms with E-state index < -0.39 is 15.8 Å².